The van der Waals surface area contributed by atoms with Crippen molar-refractivity contribution in [2.24, 2.45) is 0 Å². The van der Waals surface area contributed by atoms with E-state index in [-0.39, 0.29) is 0 Å². The minimum absolute atomic E-state index is 0.859. The van der Waals surface area contributed by atoms with Crippen LogP contribution in [-0.4, -0.2) is 5.33 Å². The lowest BCUT2D eigenvalue weighted by atomic mass is 10.1. The molecule has 0 radical (unpaired) electrons. The summed E-state index contributed by atoms with van der Waals surface area (Å²) in [6.07, 6.45) is 5.33. The van der Waals surface area contributed by atoms with E-state index in [1.807, 2.05) is 19.1 Å². The van der Waals surface area contributed by atoms with Crippen molar-refractivity contribution in [1.82, 2.24) is 0 Å². The lowest BCUT2D eigenvalue weighted by molar-refractivity contribution is 1.27. The van der Waals surface area contributed by atoms with E-state index in [0.29, 0.717) is 0 Å². The molecule has 1 aromatic carbocycles. The molecule has 0 spiro atoms. The number of hydrogen-bond acceptors (Lipinski definition) is 1. The minimum Gasteiger partial charge on any atom is -0.399 e. The van der Waals surface area contributed by atoms with E-state index in [1.54, 1.807) is 0 Å². The molecule has 2 N–H and O–H groups in total. The van der Waals surface area contributed by atoms with Crippen LogP contribution >= 0.6 is 15.9 Å². The Hall–Kier alpha value is -0.760. The Morgan fingerprint density at radius 3 is 2.85 bits per heavy atom. The Kier molecular flexibility index (Phi) is 4.03. The molecular weight excluding hydrogens is 226 g/mol. The summed E-state index contributed by atoms with van der Waals surface area (Å²) in [5.41, 5.74) is 8.93. The van der Waals surface area contributed by atoms with Crippen LogP contribution in [0, 0.1) is 6.92 Å². The highest BCUT2D eigenvalue weighted by Crippen LogP contribution is 2.13. The number of hydrogen-bond donors (Lipinski definition) is 1. The molecule has 0 saturated carbocycles. The lowest BCUT2D eigenvalue weighted by Gasteiger charge is -2.00. The largest absolute Gasteiger partial charge is 0.399 e. The van der Waals surface area contributed by atoms with Crippen LogP contribution in [0.4, 0.5) is 5.69 Å². The zero-order valence-corrected chi connectivity index (χ0v) is 9.34. The van der Waals surface area contributed by atoms with Gasteiger partial charge >= 0.3 is 0 Å². The van der Waals surface area contributed by atoms with E-state index < -0.39 is 0 Å². The smallest absolute Gasteiger partial charge is 0.0344 e. The quantitative estimate of drug-likeness (QED) is 0.636. The van der Waals surface area contributed by atoms with Crippen LogP contribution in [0.5, 0.6) is 0 Å². The number of nitrogen functional groups attached to an aromatic ring is 1. The summed E-state index contributed by atoms with van der Waals surface area (Å²) < 4.78 is 0. The maximum atomic E-state index is 5.71. The maximum Gasteiger partial charge on any atom is 0.0344 e. The molecule has 0 aliphatic rings. The van der Waals surface area contributed by atoms with E-state index in [1.165, 1.54) is 5.56 Å². The third kappa shape index (κ3) is 3.23. The highest BCUT2D eigenvalue weighted by atomic mass is 79.9. The van der Waals surface area contributed by atoms with Crippen molar-refractivity contribution in [2.45, 2.75) is 13.3 Å². The summed E-state index contributed by atoms with van der Waals surface area (Å²) in [7, 11) is 0. The summed E-state index contributed by atoms with van der Waals surface area (Å²) in [5, 5.41) is 1.01. The van der Waals surface area contributed by atoms with Gasteiger partial charge in [-0.3, -0.25) is 0 Å². The van der Waals surface area contributed by atoms with Crippen molar-refractivity contribution >= 4 is 27.7 Å². The van der Waals surface area contributed by atoms with Crippen LogP contribution < -0.4 is 5.73 Å². The molecule has 0 unspecified atom stereocenters. The minimum atomic E-state index is 0.859. The predicted octanol–water partition coefficient (Wildman–Crippen LogP) is 3.38. The Balaban J connectivity index is 2.73. The molecular formula is C11H14BrN. The summed E-state index contributed by atoms with van der Waals surface area (Å²) in [4.78, 5) is 0. The second-order valence-corrected chi connectivity index (χ2v) is 3.79. The van der Waals surface area contributed by atoms with Gasteiger partial charge in [0.15, 0.2) is 0 Å². The highest BCUT2D eigenvalue weighted by molar-refractivity contribution is 9.09. The Morgan fingerprint density at radius 1 is 1.46 bits per heavy atom. The SMILES string of the molecule is Cc1cc(C=CCCBr)ccc1N. The van der Waals surface area contributed by atoms with Gasteiger partial charge in [0, 0.05) is 11.0 Å². The average Bonchev–Trinajstić information content (AvgIpc) is 2.12. The molecule has 0 heterocycles. The number of halogens is 1. The third-order valence-corrected chi connectivity index (χ3v) is 2.34. The van der Waals surface area contributed by atoms with Gasteiger partial charge in [-0.2, -0.15) is 0 Å². The van der Waals surface area contributed by atoms with Gasteiger partial charge in [-0.05, 0) is 30.5 Å². The molecule has 1 rings (SSSR count). The van der Waals surface area contributed by atoms with E-state index in [4.69, 9.17) is 5.73 Å². The summed E-state index contributed by atoms with van der Waals surface area (Å²) in [5.74, 6) is 0. The Labute approximate surface area is 87.8 Å². The van der Waals surface area contributed by atoms with Gasteiger partial charge in [-0.25, -0.2) is 0 Å². The number of benzene rings is 1. The van der Waals surface area contributed by atoms with E-state index >= 15 is 0 Å². The predicted molar refractivity (Wildman–Crippen MR) is 63.0 cm³/mol. The van der Waals surface area contributed by atoms with Crippen molar-refractivity contribution in [2.75, 3.05) is 11.1 Å². The first kappa shape index (κ1) is 10.3. The van der Waals surface area contributed by atoms with Gasteiger partial charge < -0.3 is 5.73 Å². The van der Waals surface area contributed by atoms with Crippen molar-refractivity contribution in [3.05, 3.63) is 35.4 Å². The molecule has 2 heteroatoms. The van der Waals surface area contributed by atoms with Gasteiger partial charge in [0.25, 0.3) is 0 Å². The molecule has 70 valence electrons. The topological polar surface area (TPSA) is 26.0 Å². The zero-order valence-electron chi connectivity index (χ0n) is 7.76. The number of nitrogens with two attached hydrogens (primary N) is 1. The maximum absolute atomic E-state index is 5.71. The van der Waals surface area contributed by atoms with Gasteiger partial charge in [-0.1, -0.05) is 40.2 Å². The summed E-state index contributed by atoms with van der Waals surface area (Å²) in [6, 6.07) is 6.08. The van der Waals surface area contributed by atoms with Crippen LogP contribution in [-0.2, 0) is 0 Å². The fraction of sp³-hybridized carbons (Fsp3) is 0.273. The van der Waals surface area contributed by atoms with Crippen molar-refractivity contribution in [3.8, 4) is 0 Å². The zero-order chi connectivity index (χ0) is 9.68. The first-order chi connectivity index (χ1) is 6.24. The second kappa shape index (κ2) is 5.07. The Morgan fingerprint density at radius 2 is 2.23 bits per heavy atom. The van der Waals surface area contributed by atoms with Crippen LogP contribution in [0.1, 0.15) is 17.5 Å². The standard InChI is InChI=1S/C11H14BrN/c1-9-8-10(4-2-3-7-12)5-6-11(9)13/h2,4-6,8H,3,7,13H2,1H3. The van der Waals surface area contributed by atoms with Crippen LogP contribution in [0.25, 0.3) is 6.08 Å². The number of anilines is 1. The number of aryl methyl sites for hydroxylation is 1. The molecule has 0 aliphatic heterocycles. The molecule has 13 heavy (non-hydrogen) atoms. The Bertz CT molecular complexity index is 305. The monoisotopic (exact) mass is 239 g/mol. The molecule has 1 aromatic rings. The fourth-order valence-corrected chi connectivity index (χ4v) is 1.35. The lowest BCUT2D eigenvalue weighted by Crippen LogP contribution is -1.88. The molecule has 0 atom stereocenters. The molecule has 0 amide bonds. The molecule has 0 aliphatic carbocycles. The molecule has 0 bridgehead atoms. The van der Waals surface area contributed by atoms with Crippen LogP contribution in [0.2, 0.25) is 0 Å². The third-order valence-electron chi connectivity index (χ3n) is 1.88. The number of alkyl halides is 1. The normalized spacial score (nSPS) is 10.9. The van der Waals surface area contributed by atoms with Crippen molar-refractivity contribution < 1.29 is 0 Å². The molecule has 0 saturated heterocycles. The van der Waals surface area contributed by atoms with Gasteiger partial charge in [0.1, 0.15) is 0 Å². The number of rotatable bonds is 3. The molecule has 1 nitrogen and oxygen atoms in total. The van der Waals surface area contributed by atoms with Gasteiger partial charge in [-0.15, -0.1) is 0 Å². The molecule has 0 aromatic heterocycles. The second-order valence-electron chi connectivity index (χ2n) is 3.00. The van der Waals surface area contributed by atoms with E-state index in [0.717, 1.165) is 23.0 Å². The first-order valence-corrected chi connectivity index (χ1v) is 5.45. The fourth-order valence-electron chi connectivity index (χ4n) is 1.08. The van der Waals surface area contributed by atoms with Gasteiger partial charge in [0.2, 0.25) is 0 Å². The van der Waals surface area contributed by atoms with Crippen LogP contribution in [0.3, 0.4) is 0 Å². The first-order valence-electron chi connectivity index (χ1n) is 4.32. The number of allylic oxidation sites excluding steroid dienone is 1. The van der Waals surface area contributed by atoms with Crippen molar-refractivity contribution in [1.29, 1.82) is 0 Å². The van der Waals surface area contributed by atoms with Crippen molar-refractivity contribution in [3.63, 3.8) is 0 Å². The molecule has 0 fully saturated rings. The van der Waals surface area contributed by atoms with Gasteiger partial charge in [0.05, 0.1) is 0 Å². The van der Waals surface area contributed by atoms with Crippen LogP contribution in [0.15, 0.2) is 24.3 Å². The summed E-state index contributed by atoms with van der Waals surface area (Å²) in [6.45, 7) is 2.02. The highest BCUT2D eigenvalue weighted by Gasteiger charge is 1.92. The van der Waals surface area contributed by atoms with E-state index in [9.17, 15) is 0 Å². The average molecular weight is 240 g/mol. The van der Waals surface area contributed by atoms with E-state index in [2.05, 4.69) is 34.1 Å². The summed E-state index contributed by atoms with van der Waals surface area (Å²) >= 11 is 3.38.